The van der Waals surface area contributed by atoms with Gasteiger partial charge in [0, 0.05) is 12.1 Å². The van der Waals surface area contributed by atoms with Crippen LogP contribution in [0.15, 0.2) is 44.2 Å². The topological polar surface area (TPSA) is 75.6 Å². The van der Waals surface area contributed by atoms with Crippen molar-refractivity contribution >= 4 is 21.8 Å². The van der Waals surface area contributed by atoms with Crippen molar-refractivity contribution in [1.82, 2.24) is 5.32 Å². The maximum absolute atomic E-state index is 11.6. The minimum Gasteiger partial charge on any atom is -0.472 e. The van der Waals surface area contributed by atoms with E-state index in [2.05, 4.69) is 21.2 Å². The molecular formula is C12H12BrNO4. The van der Waals surface area contributed by atoms with Gasteiger partial charge in [0.05, 0.1) is 18.6 Å². The van der Waals surface area contributed by atoms with Gasteiger partial charge in [0.15, 0.2) is 10.4 Å². The SMILES string of the molecule is O=C(NCC[C@H](O)c1ccoc1)c1ccc(Br)o1. The Labute approximate surface area is 112 Å². The summed E-state index contributed by atoms with van der Waals surface area (Å²) in [5.74, 6) is -0.0697. The van der Waals surface area contributed by atoms with Crippen molar-refractivity contribution in [2.75, 3.05) is 6.54 Å². The lowest BCUT2D eigenvalue weighted by molar-refractivity contribution is 0.0913. The molecule has 0 saturated heterocycles. The highest BCUT2D eigenvalue weighted by Gasteiger charge is 2.12. The van der Waals surface area contributed by atoms with Gasteiger partial charge in [-0.3, -0.25) is 4.79 Å². The largest absolute Gasteiger partial charge is 0.472 e. The van der Waals surface area contributed by atoms with Gasteiger partial charge in [-0.1, -0.05) is 0 Å². The molecule has 0 radical (unpaired) electrons. The summed E-state index contributed by atoms with van der Waals surface area (Å²) in [6, 6.07) is 4.91. The number of hydrogen-bond acceptors (Lipinski definition) is 4. The normalized spacial score (nSPS) is 12.3. The summed E-state index contributed by atoms with van der Waals surface area (Å²) < 4.78 is 10.5. The fraction of sp³-hybridized carbons (Fsp3) is 0.250. The molecule has 6 heteroatoms. The molecule has 96 valence electrons. The Morgan fingerprint density at radius 2 is 2.28 bits per heavy atom. The highest BCUT2D eigenvalue weighted by molar-refractivity contribution is 9.10. The smallest absolute Gasteiger partial charge is 0.287 e. The van der Waals surface area contributed by atoms with Gasteiger partial charge in [-0.15, -0.1) is 0 Å². The van der Waals surface area contributed by atoms with Crippen LogP contribution in [0.2, 0.25) is 0 Å². The van der Waals surface area contributed by atoms with Crippen LogP contribution in [-0.4, -0.2) is 17.6 Å². The number of carbonyl (C=O) groups is 1. The fourth-order valence-electron chi connectivity index (χ4n) is 1.48. The molecule has 0 saturated carbocycles. The second-order valence-electron chi connectivity index (χ2n) is 3.72. The summed E-state index contributed by atoms with van der Waals surface area (Å²) in [6.45, 7) is 0.351. The zero-order chi connectivity index (χ0) is 13.0. The molecule has 0 spiro atoms. The quantitative estimate of drug-likeness (QED) is 0.889. The molecule has 0 aromatic carbocycles. The molecule has 2 rings (SSSR count). The second kappa shape index (κ2) is 5.88. The Morgan fingerprint density at radius 3 is 2.89 bits per heavy atom. The molecule has 0 unspecified atom stereocenters. The van der Waals surface area contributed by atoms with Gasteiger partial charge in [0.1, 0.15) is 0 Å². The average Bonchev–Trinajstić information content (AvgIpc) is 2.99. The van der Waals surface area contributed by atoms with E-state index in [9.17, 15) is 9.90 Å². The summed E-state index contributed by atoms with van der Waals surface area (Å²) >= 11 is 3.12. The Hall–Kier alpha value is -1.53. The lowest BCUT2D eigenvalue weighted by atomic mass is 10.1. The Morgan fingerprint density at radius 1 is 1.44 bits per heavy atom. The minimum atomic E-state index is -0.646. The van der Waals surface area contributed by atoms with Crippen molar-refractivity contribution in [3.05, 3.63) is 46.7 Å². The molecule has 0 bridgehead atoms. The molecule has 1 atom stereocenters. The monoisotopic (exact) mass is 313 g/mol. The second-order valence-corrected chi connectivity index (χ2v) is 4.50. The van der Waals surface area contributed by atoms with Gasteiger partial charge in [-0.2, -0.15) is 0 Å². The molecule has 18 heavy (non-hydrogen) atoms. The van der Waals surface area contributed by atoms with Crippen molar-refractivity contribution in [1.29, 1.82) is 0 Å². The first kappa shape index (κ1) is 12.9. The molecular weight excluding hydrogens is 302 g/mol. The van der Waals surface area contributed by atoms with Gasteiger partial charge in [0.2, 0.25) is 0 Å². The third kappa shape index (κ3) is 3.24. The van der Waals surface area contributed by atoms with Crippen LogP contribution in [0, 0.1) is 0 Å². The predicted octanol–water partition coefficient (Wildman–Crippen LogP) is 2.49. The fourth-order valence-corrected chi connectivity index (χ4v) is 1.78. The van der Waals surface area contributed by atoms with E-state index in [1.54, 1.807) is 18.2 Å². The summed E-state index contributed by atoms with van der Waals surface area (Å²) in [7, 11) is 0. The lowest BCUT2D eigenvalue weighted by Gasteiger charge is -2.08. The number of aliphatic hydroxyl groups is 1. The number of aliphatic hydroxyl groups excluding tert-OH is 1. The van der Waals surface area contributed by atoms with Crippen molar-refractivity contribution in [2.24, 2.45) is 0 Å². The molecule has 0 aliphatic carbocycles. The Balaban J connectivity index is 1.77. The number of furan rings is 2. The minimum absolute atomic E-state index is 0.236. The van der Waals surface area contributed by atoms with Crippen molar-refractivity contribution in [3.63, 3.8) is 0 Å². The summed E-state index contributed by atoms with van der Waals surface area (Å²) in [5, 5.41) is 12.4. The van der Waals surface area contributed by atoms with Crippen LogP contribution in [0.25, 0.3) is 0 Å². The summed E-state index contributed by atoms with van der Waals surface area (Å²) in [5.41, 5.74) is 0.699. The maximum atomic E-state index is 11.6. The van der Waals surface area contributed by atoms with Crippen LogP contribution in [0.5, 0.6) is 0 Å². The third-order valence-electron chi connectivity index (χ3n) is 2.43. The van der Waals surface area contributed by atoms with Gasteiger partial charge in [-0.25, -0.2) is 0 Å². The zero-order valence-electron chi connectivity index (χ0n) is 9.43. The van der Waals surface area contributed by atoms with Gasteiger partial charge < -0.3 is 19.3 Å². The van der Waals surface area contributed by atoms with Crippen LogP contribution in [0.4, 0.5) is 0 Å². The zero-order valence-corrected chi connectivity index (χ0v) is 11.0. The van der Waals surface area contributed by atoms with E-state index in [1.165, 1.54) is 12.5 Å². The summed E-state index contributed by atoms with van der Waals surface area (Å²) in [4.78, 5) is 11.6. The van der Waals surface area contributed by atoms with E-state index in [1.807, 2.05) is 0 Å². The molecule has 2 aromatic rings. The number of nitrogens with one attached hydrogen (secondary N) is 1. The van der Waals surface area contributed by atoms with Gasteiger partial charge >= 0.3 is 0 Å². The van der Waals surface area contributed by atoms with Crippen molar-refractivity contribution < 1.29 is 18.7 Å². The highest BCUT2D eigenvalue weighted by Crippen LogP contribution is 2.16. The standard InChI is InChI=1S/C12H12BrNO4/c13-11-2-1-10(18-11)12(16)14-5-3-9(15)8-4-6-17-7-8/h1-2,4,6-7,9,15H,3,5H2,(H,14,16)/t9-/m0/s1. The molecule has 2 N–H and O–H groups in total. The first-order valence-electron chi connectivity index (χ1n) is 5.40. The van der Waals surface area contributed by atoms with E-state index < -0.39 is 6.10 Å². The predicted molar refractivity (Wildman–Crippen MR) is 67.0 cm³/mol. The van der Waals surface area contributed by atoms with E-state index in [4.69, 9.17) is 8.83 Å². The Kier molecular flexibility index (Phi) is 4.22. The van der Waals surface area contributed by atoms with Crippen LogP contribution < -0.4 is 5.32 Å². The van der Waals surface area contributed by atoms with Crippen LogP contribution >= 0.6 is 15.9 Å². The van der Waals surface area contributed by atoms with E-state index in [0.29, 0.717) is 23.2 Å². The lowest BCUT2D eigenvalue weighted by Crippen LogP contribution is -2.25. The number of rotatable bonds is 5. The van der Waals surface area contributed by atoms with Gasteiger partial charge in [0.25, 0.3) is 5.91 Å². The molecule has 0 fully saturated rings. The van der Waals surface area contributed by atoms with Gasteiger partial charge in [-0.05, 0) is 40.5 Å². The van der Waals surface area contributed by atoms with Crippen LogP contribution in [0.3, 0.4) is 0 Å². The van der Waals surface area contributed by atoms with Crippen molar-refractivity contribution in [2.45, 2.75) is 12.5 Å². The van der Waals surface area contributed by atoms with Crippen LogP contribution in [0.1, 0.15) is 28.6 Å². The first-order valence-corrected chi connectivity index (χ1v) is 6.20. The van der Waals surface area contributed by atoms with E-state index >= 15 is 0 Å². The highest BCUT2D eigenvalue weighted by atomic mass is 79.9. The Bertz CT molecular complexity index is 506. The first-order chi connectivity index (χ1) is 8.66. The number of halogens is 1. The molecule has 1 amide bonds. The third-order valence-corrected chi connectivity index (χ3v) is 2.85. The molecule has 0 aliphatic heterocycles. The molecule has 0 aliphatic rings. The molecule has 5 nitrogen and oxygen atoms in total. The van der Waals surface area contributed by atoms with E-state index in [-0.39, 0.29) is 11.7 Å². The number of hydrogen-bond donors (Lipinski definition) is 2. The van der Waals surface area contributed by atoms with E-state index in [0.717, 1.165) is 0 Å². The summed E-state index contributed by atoms with van der Waals surface area (Å²) in [6.07, 6.45) is 2.74. The molecule has 2 heterocycles. The molecule has 2 aromatic heterocycles. The van der Waals surface area contributed by atoms with Crippen molar-refractivity contribution in [3.8, 4) is 0 Å². The maximum Gasteiger partial charge on any atom is 0.287 e. The number of amides is 1. The van der Waals surface area contributed by atoms with Crippen LogP contribution in [-0.2, 0) is 0 Å². The number of carbonyl (C=O) groups excluding carboxylic acids is 1. The average molecular weight is 314 g/mol.